The Labute approximate surface area is 62.5 Å². The minimum Gasteiger partial charge on any atom is -0.504 e. The zero-order valence-corrected chi connectivity index (χ0v) is 5.81. The maximum atomic E-state index is 10.2. The van der Waals surface area contributed by atoms with Crippen LogP contribution in [0.2, 0.25) is 0 Å². The monoisotopic (exact) mass is 154 g/mol. The SMILES string of the molecule is Cc1cc(O)cnc1[N+](=O)[O-]. The Bertz CT molecular complexity index is 298. The number of hydrogen-bond acceptors (Lipinski definition) is 4. The molecule has 11 heavy (non-hydrogen) atoms. The van der Waals surface area contributed by atoms with Crippen LogP contribution in [-0.4, -0.2) is 15.0 Å². The molecule has 0 unspecified atom stereocenters. The molecule has 0 saturated carbocycles. The highest BCUT2D eigenvalue weighted by molar-refractivity contribution is 5.35. The van der Waals surface area contributed by atoms with Gasteiger partial charge in [-0.15, -0.1) is 0 Å². The number of aromatic hydroxyl groups is 1. The van der Waals surface area contributed by atoms with E-state index in [2.05, 4.69) is 4.98 Å². The third-order valence-electron chi connectivity index (χ3n) is 1.21. The average Bonchev–Trinajstić information content (AvgIpc) is 1.85. The molecule has 1 aromatic rings. The molecule has 0 fully saturated rings. The Morgan fingerprint density at radius 1 is 1.73 bits per heavy atom. The molecule has 0 aliphatic carbocycles. The van der Waals surface area contributed by atoms with Crippen molar-refractivity contribution in [2.24, 2.45) is 0 Å². The molecule has 5 nitrogen and oxygen atoms in total. The molecule has 1 aromatic heterocycles. The maximum absolute atomic E-state index is 10.2. The summed E-state index contributed by atoms with van der Waals surface area (Å²) in [5, 5.41) is 19.0. The lowest BCUT2D eigenvalue weighted by molar-refractivity contribution is -0.390. The lowest BCUT2D eigenvalue weighted by Crippen LogP contribution is -1.93. The molecule has 0 bridgehead atoms. The van der Waals surface area contributed by atoms with E-state index in [9.17, 15) is 10.1 Å². The van der Waals surface area contributed by atoms with E-state index in [-0.39, 0.29) is 11.6 Å². The lowest BCUT2D eigenvalue weighted by atomic mass is 10.3. The molecular weight excluding hydrogens is 148 g/mol. The number of nitrogens with zero attached hydrogens (tertiary/aromatic N) is 2. The van der Waals surface area contributed by atoms with E-state index in [1.54, 1.807) is 0 Å². The summed E-state index contributed by atoms with van der Waals surface area (Å²) in [7, 11) is 0. The largest absolute Gasteiger partial charge is 0.504 e. The molecule has 0 amide bonds. The Morgan fingerprint density at radius 2 is 2.36 bits per heavy atom. The maximum Gasteiger partial charge on any atom is 0.366 e. The summed E-state index contributed by atoms with van der Waals surface area (Å²) in [6.07, 6.45) is 1.05. The molecule has 0 radical (unpaired) electrons. The van der Waals surface area contributed by atoms with Crippen LogP contribution in [0.25, 0.3) is 0 Å². The van der Waals surface area contributed by atoms with Crippen molar-refractivity contribution in [3.05, 3.63) is 27.9 Å². The zero-order valence-electron chi connectivity index (χ0n) is 5.81. The molecule has 1 heterocycles. The standard InChI is InChI=1S/C6H6N2O3/c1-4-2-5(9)3-7-6(4)8(10)11/h2-3,9H,1H3. The normalized spacial score (nSPS) is 9.55. The highest BCUT2D eigenvalue weighted by atomic mass is 16.6. The van der Waals surface area contributed by atoms with Gasteiger partial charge < -0.3 is 15.2 Å². The summed E-state index contributed by atoms with van der Waals surface area (Å²) in [5.74, 6) is -0.282. The summed E-state index contributed by atoms with van der Waals surface area (Å²) < 4.78 is 0. The Hall–Kier alpha value is -1.65. The van der Waals surface area contributed by atoms with Crippen LogP contribution in [-0.2, 0) is 0 Å². The van der Waals surface area contributed by atoms with Gasteiger partial charge in [-0.05, 0) is 22.9 Å². The van der Waals surface area contributed by atoms with Gasteiger partial charge in [-0.25, -0.2) is 0 Å². The molecule has 5 heteroatoms. The molecule has 1 N–H and O–H groups in total. The molecule has 0 aliphatic heterocycles. The first-order chi connectivity index (χ1) is 5.11. The third kappa shape index (κ3) is 1.43. The number of rotatable bonds is 1. The van der Waals surface area contributed by atoms with Gasteiger partial charge in [-0.2, -0.15) is 0 Å². The minimum absolute atomic E-state index is 0.0619. The van der Waals surface area contributed by atoms with Crippen LogP contribution in [0.3, 0.4) is 0 Å². The second-order valence-corrected chi connectivity index (χ2v) is 2.09. The van der Waals surface area contributed by atoms with Gasteiger partial charge in [-0.1, -0.05) is 0 Å². The van der Waals surface area contributed by atoms with Gasteiger partial charge in [0.2, 0.25) is 0 Å². The van der Waals surface area contributed by atoms with Gasteiger partial charge in [0.1, 0.15) is 0 Å². The molecule has 0 aliphatic rings. The Morgan fingerprint density at radius 3 is 2.82 bits per heavy atom. The second-order valence-electron chi connectivity index (χ2n) is 2.09. The number of aromatic nitrogens is 1. The summed E-state index contributed by atoms with van der Waals surface area (Å²) in [5.41, 5.74) is 0.356. The van der Waals surface area contributed by atoms with E-state index in [0.717, 1.165) is 6.20 Å². The highest BCUT2D eigenvalue weighted by Crippen LogP contribution is 2.17. The molecule has 0 spiro atoms. The van der Waals surface area contributed by atoms with Crippen molar-refractivity contribution in [2.45, 2.75) is 6.92 Å². The quantitative estimate of drug-likeness (QED) is 0.483. The summed E-state index contributed by atoms with van der Waals surface area (Å²) in [6, 6.07) is 1.30. The molecule has 0 saturated heterocycles. The topological polar surface area (TPSA) is 76.3 Å². The fraction of sp³-hybridized carbons (Fsp3) is 0.167. The van der Waals surface area contributed by atoms with Gasteiger partial charge in [-0.3, -0.25) is 0 Å². The van der Waals surface area contributed by atoms with Gasteiger partial charge in [0.25, 0.3) is 0 Å². The van der Waals surface area contributed by atoms with E-state index >= 15 is 0 Å². The van der Waals surface area contributed by atoms with Crippen molar-refractivity contribution in [3.63, 3.8) is 0 Å². The summed E-state index contributed by atoms with van der Waals surface area (Å²) >= 11 is 0. The van der Waals surface area contributed by atoms with E-state index in [4.69, 9.17) is 5.11 Å². The predicted molar refractivity (Wildman–Crippen MR) is 37.3 cm³/mol. The van der Waals surface area contributed by atoms with E-state index < -0.39 is 4.92 Å². The van der Waals surface area contributed by atoms with Gasteiger partial charge in [0.05, 0.1) is 5.56 Å². The molecule has 1 rings (SSSR count). The van der Waals surface area contributed by atoms with Crippen LogP contribution < -0.4 is 0 Å². The second kappa shape index (κ2) is 2.53. The van der Waals surface area contributed by atoms with Crippen molar-refractivity contribution in [2.75, 3.05) is 0 Å². The van der Waals surface area contributed by atoms with E-state index in [0.29, 0.717) is 5.56 Å². The van der Waals surface area contributed by atoms with E-state index in [1.165, 1.54) is 13.0 Å². The Balaban J connectivity index is 3.20. The van der Waals surface area contributed by atoms with Crippen molar-refractivity contribution < 1.29 is 10.0 Å². The predicted octanol–water partition coefficient (Wildman–Crippen LogP) is 1.00. The molecule has 0 aromatic carbocycles. The number of hydrogen-bond donors (Lipinski definition) is 1. The molecule has 58 valence electrons. The van der Waals surface area contributed by atoms with Crippen molar-refractivity contribution in [1.82, 2.24) is 4.98 Å². The van der Waals surface area contributed by atoms with Crippen LogP contribution in [0.15, 0.2) is 12.3 Å². The van der Waals surface area contributed by atoms with Crippen LogP contribution >= 0.6 is 0 Å². The fourth-order valence-electron chi connectivity index (χ4n) is 0.744. The van der Waals surface area contributed by atoms with Crippen LogP contribution in [0, 0.1) is 17.0 Å². The number of nitro groups is 1. The number of aryl methyl sites for hydroxylation is 1. The first kappa shape index (κ1) is 7.46. The van der Waals surface area contributed by atoms with Gasteiger partial charge in [0.15, 0.2) is 11.9 Å². The first-order valence-corrected chi connectivity index (χ1v) is 2.91. The Kier molecular flexibility index (Phi) is 1.72. The fourth-order valence-corrected chi connectivity index (χ4v) is 0.744. The van der Waals surface area contributed by atoms with Crippen LogP contribution in [0.1, 0.15) is 5.56 Å². The van der Waals surface area contributed by atoms with Crippen LogP contribution in [0.4, 0.5) is 5.82 Å². The van der Waals surface area contributed by atoms with Crippen molar-refractivity contribution in [3.8, 4) is 5.75 Å². The summed E-state index contributed by atoms with van der Waals surface area (Å²) in [6.45, 7) is 1.52. The average molecular weight is 154 g/mol. The minimum atomic E-state index is -0.589. The van der Waals surface area contributed by atoms with E-state index in [1.807, 2.05) is 0 Å². The number of pyridine rings is 1. The summed E-state index contributed by atoms with van der Waals surface area (Å²) in [4.78, 5) is 13.0. The third-order valence-corrected chi connectivity index (χ3v) is 1.21. The zero-order chi connectivity index (χ0) is 8.43. The lowest BCUT2D eigenvalue weighted by Gasteiger charge is -1.95. The van der Waals surface area contributed by atoms with Crippen molar-refractivity contribution >= 4 is 5.82 Å². The highest BCUT2D eigenvalue weighted by Gasteiger charge is 2.11. The van der Waals surface area contributed by atoms with Crippen molar-refractivity contribution in [1.29, 1.82) is 0 Å². The molecule has 0 atom stereocenters. The van der Waals surface area contributed by atoms with Gasteiger partial charge in [0, 0.05) is 0 Å². The van der Waals surface area contributed by atoms with Crippen LogP contribution in [0.5, 0.6) is 5.75 Å². The molecular formula is C6H6N2O3. The first-order valence-electron chi connectivity index (χ1n) is 2.91. The van der Waals surface area contributed by atoms with Gasteiger partial charge >= 0.3 is 5.82 Å². The smallest absolute Gasteiger partial charge is 0.366 e.